The topological polar surface area (TPSA) is 285 Å². The summed E-state index contributed by atoms with van der Waals surface area (Å²) < 4.78 is 68.6. The van der Waals surface area contributed by atoms with E-state index in [1.54, 1.807) is 38.2 Å². The number of nitrogens with zero attached hydrogens (tertiary/aromatic N) is 3. The number of aromatic hydroxyl groups is 2. The van der Waals surface area contributed by atoms with Gasteiger partial charge in [-0.25, -0.2) is 0 Å². The number of ether oxygens (including phenoxy) is 12. The van der Waals surface area contributed by atoms with Crippen molar-refractivity contribution in [3.05, 3.63) is 155 Å². The molecule has 4 aromatic rings. The molecule has 1 saturated carbocycles. The van der Waals surface area contributed by atoms with Crippen LogP contribution in [0.3, 0.4) is 0 Å². The highest BCUT2D eigenvalue weighted by Crippen LogP contribution is 2.45. The van der Waals surface area contributed by atoms with E-state index >= 15 is 0 Å². The molecule has 4 aromatic carbocycles. The third-order valence-corrected chi connectivity index (χ3v) is 20.4. The average molecular weight is 1520 g/mol. The van der Waals surface area contributed by atoms with E-state index in [1.807, 2.05) is 73.6 Å². The molecule has 24 heteroatoms. The lowest BCUT2D eigenvalue weighted by Gasteiger charge is -2.26. The van der Waals surface area contributed by atoms with Crippen molar-refractivity contribution in [1.82, 2.24) is 15.1 Å². The van der Waals surface area contributed by atoms with Crippen LogP contribution in [-0.4, -0.2) is 219 Å². The molecule has 0 radical (unpaired) electrons. The summed E-state index contributed by atoms with van der Waals surface area (Å²) in [4.78, 5) is 89.2. The first kappa shape index (κ1) is 83.6. The molecule has 5 aliphatic heterocycles. The molecule has 3 N–H and O–H groups in total. The van der Waals surface area contributed by atoms with Gasteiger partial charge in [-0.2, -0.15) is 0 Å². The van der Waals surface area contributed by atoms with E-state index in [1.165, 1.54) is 36.6 Å². The Morgan fingerprint density at radius 2 is 1.16 bits per heavy atom. The van der Waals surface area contributed by atoms with Crippen LogP contribution in [0, 0.1) is 23.7 Å². The maximum absolute atomic E-state index is 14.6. The predicted octanol–water partition coefficient (Wildman–Crippen LogP) is 11.4. The molecule has 5 unspecified atom stereocenters. The van der Waals surface area contributed by atoms with Crippen LogP contribution in [0.1, 0.15) is 146 Å². The van der Waals surface area contributed by atoms with Crippen LogP contribution >= 0.6 is 0 Å². The third kappa shape index (κ3) is 24.8. The molecule has 10 rings (SSSR count). The average Bonchev–Trinajstić information content (AvgIpc) is 1.60. The zero-order valence-corrected chi connectivity index (χ0v) is 64.5. The van der Waals surface area contributed by atoms with Gasteiger partial charge in [0, 0.05) is 68.4 Å². The van der Waals surface area contributed by atoms with Crippen molar-refractivity contribution in [3.8, 4) is 34.5 Å². The Hall–Kier alpha value is -8.85. The summed E-state index contributed by atoms with van der Waals surface area (Å²) in [7, 11) is 3.13. The van der Waals surface area contributed by atoms with Crippen molar-refractivity contribution >= 4 is 51.9 Å². The molecule has 5 heterocycles. The van der Waals surface area contributed by atoms with E-state index in [0.29, 0.717) is 221 Å². The van der Waals surface area contributed by atoms with Gasteiger partial charge in [0.05, 0.1) is 157 Å². The molecule has 24 nitrogen and oxygen atoms in total. The molecule has 5 atom stereocenters. The van der Waals surface area contributed by atoms with Crippen LogP contribution in [-0.2, 0) is 69.9 Å². The normalized spacial score (nSPS) is 17.7. The molecule has 0 spiro atoms. The van der Waals surface area contributed by atoms with Crippen LogP contribution in [0.4, 0.5) is 0 Å². The fourth-order valence-corrected chi connectivity index (χ4v) is 13.9. The number of amides is 3. The van der Waals surface area contributed by atoms with E-state index < -0.39 is 12.0 Å². The molecule has 1 aliphatic carbocycles. The zero-order chi connectivity index (χ0) is 77.7. The van der Waals surface area contributed by atoms with E-state index in [2.05, 4.69) is 35.1 Å². The Morgan fingerprint density at radius 1 is 0.600 bits per heavy atom. The summed E-state index contributed by atoms with van der Waals surface area (Å²) >= 11 is 0. The van der Waals surface area contributed by atoms with E-state index in [0.717, 1.165) is 40.7 Å². The Balaban J connectivity index is 0.537. The molecule has 0 aromatic heterocycles. The lowest BCUT2D eigenvalue weighted by Crippen LogP contribution is -2.33. The maximum atomic E-state index is 14.6. The van der Waals surface area contributed by atoms with Gasteiger partial charge in [0.2, 0.25) is 5.91 Å². The summed E-state index contributed by atoms with van der Waals surface area (Å²) in [6.07, 6.45) is 20.3. The predicted molar refractivity (Wildman–Crippen MR) is 415 cm³/mol. The second kappa shape index (κ2) is 43.1. The second-order valence-corrected chi connectivity index (χ2v) is 28.8. The van der Waals surface area contributed by atoms with Gasteiger partial charge in [0.1, 0.15) is 23.1 Å². The van der Waals surface area contributed by atoms with Gasteiger partial charge < -0.3 is 82.2 Å². The highest BCUT2D eigenvalue weighted by Gasteiger charge is 2.41. The molecule has 3 amide bonds. The number of aryl methyl sites for hydroxylation is 2. The molecular weight excluding hydrogens is 1410 g/mol. The highest BCUT2D eigenvalue weighted by atomic mass is 16.6. The van der Waals surface area contributed by atoms with Crippen molar-refractivity contribution in [1.29, 1.82) is 0 Å². The number of carbonyl (C=O) groups excluding carboxylic acids is 6. The Bertz CT molecular complexity index is 3950. The third-order valence-electron chi connectivity index (χ3n) is 20.4. The maximum Gasteiger partial charge on any atom is 0.259 e. The van der Waals surface area contributed by atoms with Gasteiger partial charge in [-0.1, -0.05) is 75.9 Å². The molecule has 0 bridgehead atoms. The SMILES string of the molecule is C=C1C=CC2CC(C3CC3)=CN2C(=O)c2cc(OC)c(OCCCOc3cc4c(cc3OC)C(=O)N3C=C(c5ccc(C6=NC6C(=O)C(C)CC(=O)C(CCC(=O)CCOCCOCCOCCOCCOCCOCCOCCOCCNC(=O)CCCc6cc(O)ccc6O)C(C)C)cc5)CC3C=CCC4)cc21. The number of carbonyl (C=O) groups is 6. The number of nitrogens with one attached hydrogen (secondary N) is 1. The number of rotatable bonds is 51. The quantitative estimate of drug-likeness (QED) is 0.0210. The molecular formula is C86H110N4O20. The standard InChI is InChI=1S/C86H110N4O20/c1-57(2)71(25-23-69(91)27-31-101-33-35-103-37-39-105-41-43-107-45-46-108-44-42-106-40-38-104-36-34-102-32-28-87-81(95)14-9-12-64-50-70(92)24-26-75(64)93)76(94)47-59(4)84(96)83-82(88-83)62-20-18-61(19-21-62)65-48-67-13-8-7-11-63-51-79(77(99-5)53-73(63)85(97)89(67)55-65)109-29-10-30-110-80-52-72-58(3)15-22-68-49-66(60-16-17-60)56-90(68)86(98)74(72)54-78(80)100-6/h8,13,15,18-22,24,26,50-57,59-60,67-68,71,83,92-93H,3,7,9-12,14,16-17,23,25,27-49H2,1-2,4-6H3,(H,87,95). The minimum Gasteiger partial charge on any atom is -0.508 e. The number of ketones is 3. The van der Waals surface area contributed by atoms with Gasteiger partial charge in [-0.05, 0) is 157 Å². The van der Waals surface area contributed by atoms with Crippen LogP contribution in [0.25, 0.3) is 11.1 Å². The van der Waals surface area contributed by atoms with Crippen LogP contribution < -0.4 is 24.3 Å². The number of phenols is 2. The first-order valence-corrected chi connectivity index (χ1v) is 38.9. The fourth-order valence-electron chi connectivity index (χ4n) is 13.9. The number of methoxy groups -OCH3 is 2. The van der Waals surface area contributed by atoms with Gasteiger partial charge in [-0.15, -0.1) is 0 Å². The largest absolute Gasteiger partial charge is 0.508 e. The summed E-state index contributed by atoms with van der Waals surface area (Å²) in [5.74, 6) is 1.37. The van der Waals surface area contributed by atoms with Gasteiger partial charge in [-0.3, -0.25) is 33.8 Å². The van der Waals surface area contributed by atoms with Crippen LogP contribution in [0.2, 0.25) is 0 Å². The number of hydrogen-bond donors (Lipinski definition) is 3. The van der Waals surface area contributed by atoms with Gasteiger partial charge in [0.25, 0.3) is 11.8 Å². The number of Topliss-reactive ketones (excluding diaryl/α,β-unsaturated/α-hetero) is 3. The molecule has 1 fully saturated rings. The van der Waals surface area contributed by atoms with Crippen LogP contribution in [0.5, 0.6) is 34.5 Å². The lowest BCUT2D eigenvalue weighted by molar-refractivity contribution is -0.130. The Labute approximate surface area is 646 Å². The Kier molecular flexibility index (Phi) is 32.8. The molecule has 110 heavy (non-hydrogen) atoms. The van der Waals surface area contributed by atoms with Crippen molar-refractivity contribution in [3.63, 3.8) is 0 Å². The minimum absolute atomic E-state index is 0.00466. The number of benzene rings is 4. The lowest BCUT2D eigenvalue weighted by atomic mass is 9.82. The summed E-state index contributed by atoms with van der Waals surface area (Å²) in [5.41, 5.74) is 8.78. The van der Waals surface area contributed by atoms with Crippen LogP contribution in [0.15, 0.2) is 121 Å². The van der Waals surface area contributed by atoms with E-state index in [4.69, 9.17) is 56.8 Å². The number of hydrogen-bond acceptors (Lipinski definition) is 21. The Morgan fingerprint density at radius 3 is 1.78 bits per heavy atom. The first-order chi connectivity index (χ1) is 53.5. The van der Waals surface area contributed by atoms with Crippen molar-refractivity contribution in [2.45, 2.75) is 129 Å². The minimum atomic E-state index is -0.613. The summed E-state index contributed by atoms with van der Waals surface area (Å²) in [6, 6.07) is 18.7. The second-order valence-electron chi connectivity index (χ2n) is 28.8. The number of allylic oxidation sites excluding steroid dienone is 3. The molecule has 594 valence electrons. The van der Waals surface area contributed by atoms with Gasteiger partial charge >= 0.3 is 0 Å². The monoisotopic (exact) mass is 1520 g/mol. The fraction of sp³-hybridized carbons (Fsp3) is 0.523. The summed E-state index contributed by atoms with van der Waals surface area (Å²) in [6.45, 7) is 17.3. The summed E-state index contributed by atoms with van der Waals surface area (Å²) in [5, 5.41) is 22.2. The molecule has 0 saturated heterocycles. The van der Waals surface area contributed by atoms with Crippen molar-refractivity contribution < 1.29 is 95.8 Å². The number of phenolic OH excluding ortho intramolecular Hbond substituents is 2. The zero-order valence-electron chi connectivity index (χ0n) is 64.5. The van der Waals surface area contributed by atoms with Gasteiger partial charge in [0.15, 0.2) is 34.8 Å². The smallest absolute Gasteiger partial charge is 0.259 e. The van der Waals surface area contributed by atoms with Crippen molar-refractivity contribution in [2.75, 3.05) is 140 Å². The van der Waals surface area contributed by atoms with E-state index in [-0.39, 0.29) is 96.4 Å². The number of aliphatic imine (C=N–C) groups is 1. The highest BCUT2D eigenvalue weighted by molar-refractivity contribution is 6.26. The van der Waals surface area contributed by atoms with E-state index in [9.17, 15) is 39.0 Å². The molecule has 6 aliphatic rings. The number of fused-ring (bicyclic) bond motifs is 4. The van der Waals surface area contributed by atoms with Crippen molar-refractivity contribution in [2.24, 2.45) is 28.7 Å². The first-order valence-electron chi connectivity index (χ1n) is 38.9.